The number of benzene rings is 1. The monoisotopic (exact) mass is 243 g/mol. The minimum atomic E-state index is 0.566. The van der Waals surface area contributed by atoms with E-state index in [9.17, 15) is 0 Å². The average molecular weight is 243 g/mol. The van der Waals surface area contributed by atoms with Gasteiger partial charge in [-0.15, -0.1) is 0 Å². The van der Waals surface area contributed by atoms with E-state index in [2.05, 4.69) is 46.9 Å². The van der Waals surface area contributed by atoms with Crippen LogP contribution in [-0.2, 0) is 13.5 Å². The van der Waals surface area contributed by atoms with Crippen molar-refractivity contribution < 1.29 is 0 Å². The molecule has 0 saturated carbocycles. The maximum atomic E-state index is 4.21. The van der Waals surface area contributed by atoms with Gasteiger partial charge in [-0.05, 0) is 36.9 Å². The van der Waals surface area contributed by atoms with Gasteiger partial charge < -0.3 is 5.32 Å². The lowest BCUT2D eigenvalue weighted by Crippen LogP contribution is -2.17. The number of aromatic nitrogens is 2. The van der Waals surface area contributed by atoms with E-state index in [1.54, 1.807) is 0 Å². The van der Waals surface area contributed by atoms with Crippen LogP contribution in [0.2, 0.25) is 0 Å². The van der Waals surface area contributed by atoms with Gasteiger partial charge in [0.05, 0.1) is 6.20 Å². The highest BCUT2D eigenvalue weighted by atomic mass is 15.2. The second-order valence-electron chi connectivity index (χ2n) is 4.73. The Morgan fingerprint density at radius 3 is 2.67 bits per heavy atom. The predicted molar refractivity (Wildman–Crippen MR) is 74.6 cm³/mol. The lowest BCUT2D eigenvalue weighted by Gasteiger charge is -2.16. The van der Waals surface area contributed by atoms with E-state index in [4.69, 9.17) is 0 Å². The molecule has 1 atom stereocenters. The van der Waals surface area contributed by atoms with Crippen LogP contribution in [0.4, 0.5) is 0 Å². The molecule has 1 unspecified atom stereocenters. The van der Waals surface area contributed by atoms with E-state index in [1.807, 2.05) is 25.0 Å². The lowest BCUT2D eigenvalue weighted by atomic mass is 9.93. The van der Waals surface area contributed by atoms with Crippen molar-refractivity contribution in [3.8, 4) is 0 Å². The number of hydrogen-bond acceptors (Lipinski definition) is 2. The summed E-state index contributed by atoms with van der Waals surface area (Å²) in [6, 6.07) is 10.7. The topological polar surface area (TPSA) is 29.9 Å². The van der Waals surface area contributed by atoms with Gasteiger partial charge in [0.25, 0.3) is 0 Å². The highest BCUT2D eigenvalue weighted by molar-refractivity contribution is 5.20. The summed E-state index contributed by atoms with van der Waals surface area (Å²) in [5.41, 5.74) is 2.73. The fourth-order valence-corrected chi connectivity index (χ4v) is 2.30. The van der Waals surface area contributed by atoms with E-state index < -0.39 is 0 Å². The van der Waals surface area contributed by atoms with Crippen molar-refractivity contribution in [3.05, 3.63) is 53.9 Å². The minimum absolute atomic E-state index is 0.566. The molecule has 0 amide bonds. The number of hydrogen-bond donors (Lipinski definition) is 1. The highest BCUT2D eigenvalue weighted by Crippen LogP contribution is 2.20. The molecule has 3 heteroatoms. The molecular weight excluding hydrogens is 222 g/mol. The molecule has 0 aliphatic carbocycles. The summed E-state index contributed by atoms with van der Waals surface area (Å²) >= 11 is 0. The largest absolute Gasteiger partial charge is 0.319 e. The van der Waals surface area contributed by atoms with Crippen LogP contribution in [0.5, 0.6) is 0 Å². The van der Waals surface area contributed by atoms with Gasteiger partial charge in [-0.2, -0.15) is 5.10 Å². The van der Waals surface area contributed by atoms with E-state index in [0.717, 1.165) is 19.4 Å². The van der Waals surface area contributed by atoms with Crippen LogP contribution in [0, 0.1) is 0 Å². The van der Waals surface area contributed by atoms with Gasteiger partial charge in [-0.3, -0.25) is 4.68 Å². The van der Waals surface area contributed by atoms with Crippen LogP contribution >= 0.6 is 0 Å². The SMILES string of the molecule is CNCC(CCc1cnn(C)c1)c1ccccc1. The number of aryl methyl sites for hydroxylation is 2. The Kier molecular flexibility index (Phi) is 4.53. The molecule has 1 aromatic heterocycles. The Balaban J connectivity index is 1.98. The first kappa shape index (κ1) is 12.8. The Hall–Kier alpha value is -1.61. The summed E-state index contributed by atoms with van der Waals surface area (Å²) in [5.74, 6) is 0.566. The van der Waals surface area contributed by atoms with E-state index in [-0.39, 0.29) is 0 Å². The van der Waals surface area contributed by atoms with E-state index in [1.165, 1.54) is 11.1 Å². The van der Waals surface area contributed by atoms with Crippen molar-refractivity contribution in [2.24, 2.45) is 7.05 Å². The minimum Gasteiger partial charge on any atom is -0.319 e. The van der Waals surface area contributed by atoms with E-state index in [0.29, 0.717) is 5.92 Å². The molecule has 0 aliphatic heterocycles. The molecular formula is C15H21N3. The zero-order valence-corrected chi connectivity index (χ0v) is 11.1. The molecule has 18 heavy (non-hydrogen) atoms. The third-order valence-corrected chi connectivity index (χ3v) is 3.26. The summed E-state index contributed by atoms with van der Waals surface area (Å²) in [6.07, 6.45) is 6.29. The molecule has 0 aliphatic rings. The van der Waals surface area contributed by atoms with Crippen molar-refractivity contribution in [2.45, 2.75) is 18.8 Å². The number of nitrogens with zero attached hydrogens (tertiary/aromatic N) is 2. The molecule has 1 N–H and O–H groups in total. The summed E-state index contributed by atoms with van der Waals surface area (Å²) in [5, 5.41) is 7.50. The van der Waals surface area contributed by atoms with Gasteiger partial charge in [0.1, 0.15) is 0 Å². The van der Waals surface area contributed by atoms with Crippen molar-refractivity contribution in [1.82, 2.24) is 15.1 Å². The summed E-state index contributed by atoms with van der Waals surface area (Å²) in [6.45, 7) is 1.02. The summed E-state index contributed by atoms with van der Waals surface area (Å²) in [7, 11) is 3.98. The third kappa shape index (κ3) is 3.44. The average Bonchev–Trinajstić information content (AvgIpc) is 2.81. The molecule has 1 aromatic carbocycles. The maximum absolute atomic E-state index is 4.21. The first-order chi connectivity index (χ1) is 8.79. The molecule has 96 valence electrons. The lowest BCUT2D eigenvalue weighted by molar-refractivity contribution is 0.584. The van der Waals surface area contributed by atoms with Gasteiger partial charge in [0, 0.05) is 19.8 Å². The zero-order valence-electron chi connectivity index (χ0n) is 11.1. The summed E-state index contributed by atoms with van der Waals surface area (Å²) in [4.78, 5) is 0. The van der Waals surface area contributed by atoms with Gasteiger partial charge in [0.2, 0.25) is 0 Å². The molecule has 0 radical (unpaired) electrons. The molecule has 0 spiro atoms. The fourth-order valence-electron chi connectivity index (χ4n) is 2.30. The Bertz CT molecular complexity index is 462. The van der Waals surface area contributed by atoms with Gasteiger partial charge >= 0.3 is 0 Å². The van der Waals surface area contributed by atoms with Crippen molar-refractivity contribution in [1.29, 1.82) is 0 Å². The molecule has 0 saturated heterocycles. The number of nitrogens with one attached hydrogen (secondary N) is 1. The normalized spacial score (nSPS) is 12.6. The number of rotatable bonds is 6. The smallest absolute Gasteiger partial charge is 0.0521 e. The van der Waals surface area contributed by atoms with E-state index >= 15 is 0 Å². The quantitative estimate of drug-likeness (QED) is 0.844. The second-order valence-corrected chi connectivity index (χ2v) is 4.73. The Morgan fingerprint density at radius 2 is 2.06 bits per heavy atom. The second kappa shape index (κ2) is 6.36. The summed E-state index contributed by atoms with van der Waals surface area (Å²) < 4.78 is 1.87. The molecule has 1 heterocycles. The molecule has 2 rings (SSSR count). The molecule has 0 bridgehead atoms. The fraction of sp³-hybridized carbons (Fsp3) is 0.400. The van der Waals surface area contributed by atoms with Crippen LogP contribution in [0.15, 0.2) is 42.7 Å². The third-order valence-electron chi connectivity index (χ3n) is 3.26. The van der Waals surface area contributed by atoms with Crippen molar-refractivity contribution in [3.63, 3.8) is 0 Å². The van der Waals surface area contributed by atoms with Gasteiger partial charge in [0.15, 0.2) is 0 Å². The van der Waals surface area contributed by atoms with Crippen molar-refractivity contribution >= 4 is 0 Å². The first-order valence-electron chi connectivity index (χ1n) is 6.46. The van der Waals surface area contributed by atoms with Crippen LogP contribution in [0.3, 0.4) is 0 Å². The van der Waals surface area contributed by atoms with Crippen LogP contribution in [0.25, 0.3) is 0 Å². The van der Waals surface area contributed by atoms with Crippen LogP contribution < -0.4 is 5.32 Å². The van der Waals surface area contributed by atoms with Crippen molar-refractivity contribution in [2.75, 3.05) is 13.6 Å². The molecule has 3 nitrogen and oxygen atoms in total. The van der Waals surface area contributed by atoms with Gasteiger partial charge in [-0.25, -0.2) is 0 Å². The predicted octanol–water partition coefficient (Wildman–Crippen LogP) is 2.36. The molecule has 2 aromatic rings. The first-order valence-corrected chi connectivity index (χ1v) is 6.46. The standard InChI is InChI=1S/C15H21N3/c1-16-11-15(14-6-4-3-5-7-14)9-8-13-10-17-18(2)12-13/h3-7,10,12,15-16H,8-9,11H2,1-2H3. The van der Waals surface area contributed by atoms with Crippen LogP contribution in [0.1, 0.15) is 23.5 Å². The highest BCUT2D eigenvalue weighted by Gasteiger charge is 2.10. The zero-order chi connectivity index (χ0) is 12.8. The Morgan fingerprint density at radius 1 is 1.28 bits per heavy atom. The number of likely N-dealkylation sites (N-methyl/N-ethyl adjacent to an activating group) is 1. The van der Waals surface area contributed by atoms with Crippen LogP contribution in [-0.4, -0.2) is 23.4 Å². The molecule has 0 fully saturated rings. The Labute approximate surface area is 109 Å². The van der Waals surface area contributed by atoms with Gasteiger partial charge in [-0.1, -0.05) is 30.3 Å². The maximum Gasteiger partial charge on any atom is 0.0521 e.